The molecular formula is C21H25NO4. The third-order valence-corrected chi connectivity index (χ3v) is 3.93. The number of esters is 1. The molecule has 0 aliphatic heterocycles. The van der Waals surface area contributed by atoms with Gasteiger partial charge in [-0.3, -0.25) is 4.79 Å². The van der Waals surface area contributed by atoms with Crippen LogP contribution < -0.4 is 5.32 Å². The highest BCUT2D eigenvalue weighted by Crippen LogP contribution is 2.30. The van der Waals surface area contributed by atoms with Crippen LogP contribution in [-0.4, -0.2) is 19.0 Å². The molecule has 0 bridgehead atoms. The fraction of sp³-hybridized carbons (Fsp3) is 0.333. The number of rotatable bonds is 6. The zero-order valence-corrected chi connectivity index (χ0v) is 15.8. The molecule has 0 aliphatic carbocycles. The van der Waals surface area contributed by atoms with Gasteiger partial charge in [0, 0.05) is 17.7 Å². The molecule has 0 saturated carbocycles. The molecule has 26 heavy (non-hydrogen) atoms. The van der Waals surface area contributed by atoms with Crippen LogP contribution in [0.2, 0.25) is 0 Å². The first-order chi connectivity index (χ1) is 12.3. The average molecular weight is 355 g/mol. The van der Waals surface area contributed by atoms with Gasteiger partial charge in [-0.15, -0.1) is 0 Å². The molecule has 0 unspecified atom stereocenters. The Labute approximate surface area is 154 Å². The van der Waals surface area contributed by atoms with Crippen LogP contribution in [0, 0.1) is 0 Å². The summed E-state index contributed by atoms with van der Waals surface area (Å²) in [6.07, 6.45) is 3.09. The second-order valence-electron chi connectivity index (χ2n) is 6.67. The van der Waals surface area contributed by atoms with Crippen molar-refractivity contribution in [3.63, 3.8) is 0 Å². The summed E-state index contributed by atoms with van der Waals surface area (Å²) in [6, 6.07) is 8.48. The molecule has 5 heteroatoms. The SMILES string of the molecule is COC(=O)c1ccc(NC(=O)C=Cc2cc(C(C)C)c(C(C)C)o2)cc1. The van der Waals surface area contributed by atoms with Crippen molar-refractivity contribution < 1.29 is 18.7 Å². The van der Waals surface area contributed by atoms with Gasteiger partial charge in [-0.25, -0.2) is 4.79 Å². The van der Waals surface area contributed by atoms with E-state index in [1.165, 1.54) is 18.7 Å². The van der Waals surface area contributed by atoms with Crippen molar-refractivity contribution in [3.05, 3.63) is 59.1 Å². The van der Waals surface area contributed by atoms with Gasteiger partial charge in [0.05, 0.1) is 12.7 Å². The molecule has 0 atom stereocenters. The predicted molar refractivity (Wildman–Crippen MR) is 102 cm³/mol. The maximum Gasteiger partial charge on any atom is 0.337 e. The Morgan fingerprint density at radius 2 is 1.73 bits per heavy atom. The first kappa shape index (κ1) is 19.5. The summed E-state index contributed by atoms with van der Waals surface area (Å²) < 4.78 is 10.5. The van der Waals surface area contributed by atoms with Crippen LogP contribution >= 0.6 is 0 Å². The molecule has 0 spiro atoms. The van der Waals surface area contributed by atoms with Crippen molar-refractivity contribution in [3.8, 4) is 0 Å². The number of furan rings is 1. The van der Waals surface area contributed by atoms with E-state index in [2.05, 4.69) is 37.7 Å². The lowest BCUT2D eigenvalue weighted by Gasteiger charge is -2.07. The summed E-state index contributed by atoms with van der Waals surface area (Å²) >= 11 is 0. The molecule has 1 N–H and O–H groups in total. The van der Waals surface area contributed by atoms with Crippen LogP contribution in [-0.2, 0) is 9.53 Å². The van der Waals surface area contributed by atoms with E-state index in [1.807, 2.05) is 6.07 Å². The van der Waals surface area contributed by atoms with Crippen LogP contribution in [0.4, 0.5) is 5.69 Å². The summed E-state index contributed by atoms with van der Waals surface area (Å²) in [7, 11) is 1.33. The molecule has 0 radical (unpaired) electrons. The lowest BCUT2D eigenvalue weighted by Crippen LogP contribution is -2.08. The van der Waals surface area contributed by atoms with Gasteiger partial charge in [0.15, 0.2) is 0 Å². The lowest BCUT2D eigenvalue weighted by molar-refractivity contribution is -0.111. The summed E-state index contributed by atoms with van der Waals surface area (Å²) in [6.45, 7) is 8.41. The number of benzene rings is 1. The second kappa shape index (κ2) is 8.52. The molecule has 2 aromatic rings. The van der Waals surface area contributed by atoms with Crippen LogP contribution in [0.15, 0.2) is 40.8 Å². The van der Waals surface area contributed by atoms with Crippen molar-refractivity contribution >= 4 is 23.6 Å². The fourth-order valence-corrected chi connectivity index (χ4v) is 2.57. The Balaban J connectivity index is 2.05. The van der Waals surface area contributed by atoms with Gasteiger partial charge in [-0.05, 0) is 47.9 Å². The number of nitrogens with one attached hydrogen (secondary N) is 1. The summed E-state index contributed by atoms with van der Waals surface area (Å²) in [5, 5.41) is 2.74. The number of hydrogen-bond donors (Lipinski definition) is 1. The standard InChI is InChI=1S/C21H25NO4/c1-13(2)18-12-17(26-20(18)14(3)4)10-11-19(23)22-16-8-6-15(7-9-16)21(24)25-5/h6-14H,1-5H3,(H,22,23). The van der Waals surface area contributed by atoms with Crippen LogP contribution in [0.1, 0.15) is 67.0 Å². The Morgan fingerprint density at radius 1 is 1.08 bits per heavy atom. The van der Waals surface area contributed by atoms with E-state index in [0.29, 0.717) is 22.9 Å². The number of anilines is 1. The van der Waals surface area contributed by atoms with E-state index in [4.69, 9.17) is 4.42 Å². The average Bonchev–Trinajstić information content (AvgIpc) is 3.05. The number of amides is 1. The minimum atomic E-state index is -0.414. The van der Waals surface area contributed by atoms with Crippen LogP contribution in [0.5, 0.6) is 0 Å². The highest BCUT2D eigenvalue weighted by Gasteiger charge is 2.15. The molecule has 1 aromatic carbocycles. The highest BCUT2D eigenvalue weighted by molar-refractivity contribution is 6.02. The molecule has 1 heterocycles. The van der Waals surface area contributed by atoms with Gasteiger partial charge in [-0.1, -0.05) is 27.7 Å². The maximum absolute atomic E-state index is 12.1. The predicted octanol–water partition coefficient (Wildman–Crippen LogP) is 4.96. The van der Waals surface area contributed by atoms with E-state index in [-0.39, 0.29) is 11.8 Å². The Hall–Kier alpha value is -2.82. The van der Waals surface area contributed by atoms with E-state index >= 15 is 0 Å². The maximum atomic E-state index is 12.1. The second-order valence-corrected chi connectivity index (χ2v) is 6.67. The number of methoxy groups -OCH3 is 1. The van der Waals surface area contributed by atoms with Gasteiger partial charge >= 0.3 is 5.97 Å². The smallest absolute Gasteiger partial charge is 0.337 e. The third-order valence-electron chi connectivity index (χ3n) is 3.93. The molecule has 2 rings (SSSR count). The molecule has 0 aliphatic rings. The number of hydrogen-bond acceptors (Lipinski definition) is 4. The molecule has 1 amide bonds. The largest absolute Gasteiger partial charge is 0.465 e. The van der Waals surface area contributed by atoms with Gasteiger partial charge in [0.1, 0.15) is 11.5 Å². The molecule has 138 valence electrons. The Kier molecular flexibility index (Phi) is 6.39. The molecular weight excluding hydrogens is 330 g/mol. The summed E-state index contributed by atoms with van der Waals surface area (Å²) in [5.41, 5.74) is 2.19. The molecule has 0 saturated heterocycles. The lowest BCUT2D eigenvalue weighted by atomic mass is 9.98. The zero-order valence-electron chi connectivity index (χ0n) is 15.8. The Morgan fingerprint density at radius 3 is 2.23 bits per heavy atom. The first-order valence-corrected chi connectivity index (χ1v) is 8.63. The Bertz CT molecular complexity index is 772. The van der Waals surface area contributed by atoms with Crippen molar-refractivity contribution in [2.24, 2.45) is 0 Å². The van der Waals surface area contributed by atoms with E-state index in [9.17, 15) is 9.59 Å². The van der Waals surface area contributed by atoms with Gasteiger partial charge < -0.3 is 14.5 Å². The van der Waals surface area contributed by atoms with Gasteiger partial charge in [0.25, 0.3) is 0 Å². The van der Waals surface area contributed by atoms with Crippen LogP contribution in [0.25, 0.3) is 6.08 Å². The minimum Gasteiger partial charge on any atom is -0.465 e. The van der Waals surface area contributed by atoms with Crippen molar-refractivity contribution in [1.82, 2.24) is 0 Å². The molecule has 1 aromatic heterocycles. The summed E-state index contributed by atoms with van der Waals surface area (Å²) in [5.74, 6) is 1.58. The van der Waals surface area contributed by atoms with E-state index in [0.717, 1.165) is 5.76 Å². The van der Waals surface area contributed by atoms with Gasteiger partial charge in [-0.2, -0.15) is 0 Å². The molecule has 0 fully saturated rings. The zero-order chi connectivity index (χ0) is 19.3. The topological polar surface area (TPSA) is 68.5 Å². The number of carbonyl (C=O) groups is 2. The fourth-order valence-electron chi connectivity index (χ4n) is 2.57. The van der Waals surface area contributed by atoms with E-state index in [1.54, 1.807) is 30.3 Å². The minimum absolute atomic E-state index is 0.274. The van der Waals surface area contributed by atoms with E-state index < -0.39 is 5.97 Å². The number of carbonyl (C=O) groups excluding carboxylic acids is 2. The normalized spacial score (nSPS) is 11.3. The van der Waals surface area contributed by atoms with Crippen molar-refractivity contribution in [1.29, 1.82) is 0 Å². The van der Waals surface area contributed by atoms with Crippen molar-refractivity contribution in [2.45, 2.75) is 39.5 Å². The third kappa shape index (κ3) is 4.85. The molecule has 5 nitrogen and oxygen atoms in total. The van der Waals surface area contributed by atoms with Gasteiger partial charge in [0.2, 0.25) is 5.91 Å². The van der Waals surface area contributed by atoms with Crippen molar-refractivity contribution in [2.75, 3.05) is 12.4 Å². The first-order valence-electron chi connectivity index (χ1n) is 8.63. The monoisotopic (exact) mass is 355 g/mol. The summed E-state index contributed by atoms with van der Waals surface area (Å²) in [4.78, 5) is 23.5. The quantitative estimate of drug-likeness (QED) is 0.587. The van der Waals surface area contributed by atoms with Crippen LogP contribution in [0.3, 0.4) is 0 Å². The highest BCUT2D eigenvalue weighted by atomic mass is 16.5. The number of ether oxygens (including phenoxy) is 1.